The fourth-order valence-corrected chi connectivity index (χ4v) is 1.03. The predicted molar refractivity (Wildman–Crippen MR) is 48.0 cm³/mol. The van der Waals surface area contributed by atoms with Crippen molar-refractivity contribution in [3.05, 3.63) is 36.6 Å². The number of nitrogens with zero attached hydrogens (tertiary/aromatic N) is 4. The molecule has 0 unspecified atom stereocenters. The van der Waals surface area contributed by atoms with Gasteiger partial charge < -0.3 is 5.32 Å². The van der Waals surface area contributed by atoms with Gasteiger partial charge in [-0.2, -0.15) is 5.21 Å². The van der Waals surface area contributed by atoms with Crippen LogP contribution in [0.2, 0.25) is 0 Å². The third-order valence-electron chi connectivity index (χ3n) is 1.63. The normalized spacial score (nSPS) is 9.85. The molecule has 0 aliphatic carbocycles. The van der Waals surface area contributed by atoms with Gasteiger partial charge in [0.25, 0.3) is 0 Å². The van der Waals surface area contributed by atoms with Crippen LogP contribution in [0, 0.1) is 7.05 Å². The highest BCUT2D eigenvalue weighted by molar-refractivity contribution is 5.63. The van der Waals surface area contributed by atoms with Gasteiger partial charge >= 0.3 is 0 Å². The molecular weight excluding hydrogens is 166 g/mol. The lowest BCUT2D eigenvalue weighted by atomic mass is 10.2. The second-order valence-corrected chi connectivity index (χ2v) is 2.44. The highest BCUT2D eigenvalue weighted by Gasteiger charge is 2.00. The first kappa shape index (κ1) is 7.60. The van der Waals surface area contributed by atoms with Gasteiger partial charge in [-0.1, -0.05) is 24.3 Å². The number of aromatic amines is 1. The van der Waals surface area contributed by atoms with Crippen LogP contribution in [0.4, 0.5) is 5.69 Å². The third-order valence-corrected chi connectivity index (χ3v) is 1.63. The Morgan fingerprint density at radius 3 is 3.00 bits per heavy atom. The first-order valence-corrected chi connectivity index (χ1v) is 3.71. The Kier molecular flexibility index (Phi) is 1.84. The van der Waals surface area contributed by atoms with Gasteiger partial charge in [0, 0.05) is 12.6 Å². The van der Waals surface area contributed by atoms with Gasteiger partial charge in [-0.05, 0) is 5.21 Å². The van der Waals surface area contributed by atoms with E-state index in [-0.39, 0.29) is 0 Å². The van der Waals surface area contributed by atoms with E-state index in [1.54, 1.807) is 0 Å². The lowest BCUT2D eigenvalue weighted by molar-refractivity contribution is 0.881. The van der Waals surface area contributed by atoms with Crippen molar-refractivity contribution in [2.75, 3.05) is 0 Å². The van der Waals surface area contributed by atoms with Gasteiger partial charge in [-0.15, -0.1) is 15.9 Å². The summed E-state index contributed by atoms with van der Waals surface area (Å²) in [6, 6.07) is 7.46. The molecule has 0 saturated carbocycles. The minimum Gasteiger partial charge on any atom is -0.491 e. The van der Waals surface area contributed by atoms with E-state index in [9.17, 15) is 0 Å². The molecule has 13 heavy (non-hydrogen) atoms. The van der Waals surface area contributed by atoms with Crippen LogP contribution in [0.3, 0.4) is 0 Å². The molecule has 1 aromatic heterocycles. The van der Waals surface area contributed by atoms with Crippen molar-refractivity contribution in [2.45, 2.75) is 0 Å². The minimum absolute atomic E-state index is 0.561. The van der Waals surface area contributed by atoms with E-state index in [1.807, 2.05) is 24.3 Å². The number of rotatable bonds is 2. The van der Waals surface area contributed by atoms with Crippen molar-refractivity contribution in [1.82, 2.24) is 20.6 Å². The molecule has 0 aliphatic heterocycles. The van der Waals surface area contributed by atoms with E-state index in [0.29, 0.717) is 5.82 Å². The summed E-state index contributed by atoms with van der Waals surface area (Å²) >= 11 is 0. The number of nitrogens with one attached hydrogen (secondary N) is 1. The Morgan fingerprint density at radius 2 is 2.31 bits per heavy atom. The highest BCUT2D eigenvalue weighted by Crippen LogP contribution is 2.22. The first-order chi connectivity index (χ1) is 6.40. The van der Waals surface area contributed by atoms with Crippen LogP contribution in [0.1, 0.15) is 0 Å². The van der Waals surface area contributed by atoms with Crippen LogP contribution in [-0.4, -0.2) is 20.6 Å². The van der Waals surface area contributed by atoms with E-state index in [2.05, 4.69) is 33.0 Å². The van der Waals surface area contributed by atoms with Crippen molar-refractivity contribution in [3.8, 4) is 11.4 Å². The summed E-state index contributed by atoms with van der Waals surface area (Å²) in [5.41, 5.74) is 1.67. The van der Waals surface area contributed by atoms with Gasteiger partial charge in [0.2, 0.25) is 5.82 Å². The summed E-state index contributed by atoms with van der Waals surface area (Å²) in [4.78, 5) is 0. The van der Waals surface area contributed by atoms with Gasteiger partial charge in [0.15, 0.2) is 0 Å². The summed E-state index contributed by atoms with van der Waals surface area (Å²) in [6.07, 6.45) is 0. The fraction of sp³-hybridized carbons (Fsp3) is 0. The Labute approximate surface area is 75.2 Å². The summed E-state index contributed by atoms with van der Waals surface area (Å²) < 4.78 is 0. The van der Waals surface area contributed by atoms with E-state index in [4.69, 9.17) is 0 Å². The number of benzene rings is 1. The molecule has 5 nitrogen and oxygen atoms in total. The van der Waals surface area contributed by atoms with Crippen molar-refractivity contribution in [2.24, 2.45) is 0 Å². The summed E-state index contributed by atoms with van der Waals surface area (Å²) in [6.45, 7) is 0. The SMILES string of the molecule is [CH2+][N-]c1cccc(-c2nn[nH]n2)c1. The molecule has 1 heterocycles. The molecule has 2 aromatic rings. The zero-order chi connectivity index (χ0) is 9.10. The van der Waals surface area contributed by atoms with Crippen LogP contribution in [0.25, 0.3) is 16.7 Å². The van der Waals surface area contributed by atoms with Gasteiger partial charge in [-0.3, -0.25) is 0 Å². The van der Waals surface area contributed by atoms with E-state index in [1.165, 1.54) is 0 Å². The number of aromatic nitrogens is 4. The average Bonchev–Trinajstić information content (AvgIpc) is 2.71. The lowest BCUT2D eigenvalue weighted by Gasteiger charge is -2.05. The van der Waals surface area contributed by atoms with Gasteiger partial charge in [0.05, 0.1) is 0 Å². The standard InChI is InChI=1S/C8H7N5/c1-9-7-4-2-3-6(5-7)8-10-12-13-11-8/h2-5H,1H2,(H,10,11,12,13). The molecule has 1 aromatic carbocycles. The monoisotopic (exact) mass is 173 g/mol. The summed E-state index contributed by atoms with van der Waals surface area (Å²) in [5, 5.41) is 17.4. The Balaban J connectivity index is 2.41. The second-order valence-electron chi connectivity index (χ2n) is 2.44. The first-order valence-electron chi connectivity index (χ1n) is 3.71. The Hall–Kier alpha value is -2.04. The topological polar surface area (TPSA) is 68.6 Å². The third kappa shape index (κ3) is 1.44. The van der Waals surface area contributed by atoms with Crippen molar-refractivity contribution in [3.63, 3.8) is 0 Å². The molecule has 0 atom stereocenters. The van der Waals surface area contributed by atoms with Crippen LogP contribution < -0.4 is 0 Å². The molecule has 0 saturated heterocycles. The molecule has 0 spiro atoms. The largest absolute Gasteiger partial charge is 0.491 e. The molecule has 0 bridgehead atoms. The molecule has 1 N–H and O–H groups in total. The highest BCUT2D eigenvalue weighted by atomic mass is 15.5. The minimum atomic E-state index is 0.561. The predicted octanol–water partition coefficient (Wildman–Crippen LogP) is 1.66. The van der Waals surface area contributed by atoms with Crippen LogP contribution in [0.5, 0.6) is 0 Å². The average molecular weight is 173 g/mol. The molecule has 5 heteroatoms. The summed E-state index contributed by atoms with van der Waals surface area (Å²) in [7, 11) is 3.44. The zero-order valence-electron chi connectivity index (χ0n) is 6.81. The molecule has 0 radical (unpaired) electrons. The van der Waals surface area contributed by atoms with Gasteiger partial charge in [-0.25, -0.2) is 0 Å². The van der Waals surface area contributed by atoms with Crippen molar-refractivity contribution >= 4 is 5.69 Å². The van der Waals surface area contributed by atoms with Crippen molar-refractivity contribution in [1.29, 1.82) is 0 Å². The fourth-order valence-electron chi connectivity index (χ4n) is 1.03. The maximum absolute atomic E-state index is 3.85. The molecule has 0 amide bonds. The molecule has 0 aliphatic rings. The van der Waals surface area contributed by atoms with E-state index >= 15 is 0 Å². The number of hydrogen-bond donors (Lipinski definition) is 1. The number of hydrogen-bond acceptors (Lipinski definition) is 3. The van der Waals surface area contributed by atoms with Crippen molar-refractivity contribution < 1.29 is 0 Å². The molecule has 64 valence electrons. The second kappa shape index (κ2) is 3.14. The zero-order valence-corrected chi connectivity index (χ0v) is 6.81. The number of tetrazole rings is 1. The van der Waals surface area contributed by atoms with Crippen LogP contribution >= 0.6 is 0 Å². The van der Waals surface area contributed by atoms with Gasteiger partial charge in [0.1, 0.15) is 0 Å². The molecular formula is C8H7N5. The summed E-state index contributed by atoms with van der Waals surface area (Å²) in [5.74, 6) is 0.561. The maximum Gasteiger partial charge on any atom is 0.204 e. The lowest BCUT2D eigenvalue weighted by Crippen LogP contribution is -1.79. The molecule has 0 fully saturated rings. The Bertz CT molecular complexity index is 381. The van der Waals surface area contributed by atoms with E-state index in [0.717, 1.165) is 11.3 Å². The van der Waals surface area contributed by atoms with Crippen LogP contribution in [0.15, 0.2) is 24.3 Å². The number of H-pyrrole nitrogens is 1. The quantitative estimate of drug-likeness (QED) is 0.702. The smallest absolute Gasteiger partial charge is 0.204 e. The molecule has 2 rings (SSSR count). The maximum atomic E-state index is 3.85. The Morgan fingerprint density at radius 1 is 1.38 bits per heavy atom. The van der Waals surface area contributed by atoms with Crippen LogP contribution in [-0.2, 0) is 0 Å². The van der Waals surface area contributed by atoms with E-state index < -0.39 is 0 Å².